The van der Waals surface area contributed by atoms with E-state index in [4.69, 9.17) is 0 Å². The van der Waals surface area contributed by atoms with Crippen molar-refractivity contribution in [2.75, 3.05) is 17.6 Å². The first kappa shape index (κ1) is 15.5. The molecule has 0 bridgehead atoms. The number of halogens is 2. The average Bonchev–Trinajstić information content (AvgIpc) is 2.55. The molecule has 0 aromatic carbocycles. The molecular weight excluding hydrogens is 462 g/mol. The Labute approximate surface area is 137 Å². The summed E-state index contributed by atoms with van der Waals surface area (Å²) in [6.45, 7) is 9.94. The third-order valence-electron chi connectivity index (χ3n) is 2.31. The molecule has 1 aliphatic rings. The van der Waals surface area contributed by atoms with E-state index in [9.17, 15) is 0 Å². The summed E-state index contributed by atoms with van der Waals surface area (Å²) >= 11 is 4.32. The molecule has 96 valence electrons. The molecule has 0 saturated heterocycles. The van der Waals surface area contributed by atoms with Crippen molar-refractivity contribution in [3.8, 4) is 0 Å². The van der Waals surface area contributed by atoms with Crippen LogP contribution in [0.5, 0.6) is 0 Å². The summed E-state index contributed by atoms with van der Waals surface area (Å²) in [6.07, 6.45) is 0. The zero-order valence-electron chi connectivity index (χ0n) is 9.89. The van der Waals surface area contributed by atoms with Gasteiger partial charge in [0.25, 0.3) is 0 Å². The molecule has 0 aliphatic carbocycles. The minimum atomic E-state index is 0. The normalized spacial score (nSPS) is 22.5. The summed E-state index contributed by atoms with van der Waals surface area (Å²) in [5.41, 5.74) is 1.12. The lowest BCUT2D eigenvalue weighted by atomic mass is 10.2. The van der Waals surface area contributed by atoms with Crippen molar-refractivity contribution in [2.45, 2.75) is 29.0 Å². The van der Waals surface area contributed by atoms with Crippen LogP contribution in [-0.2, 0) is 6.54 Å². The predicted octanol–water partition coefficient (Wildman–Crippen LogP) is -1.01. The Balaban J connectivity index is 0.00000144. The van der Waals surface area contributed by atoms with E-state index in [-0.39, 0.29) is 24.0 Å². The van der Waals surface area contributed by atoms with Crippen LogP contribution >= 0.6 is 34.4 Å². The van der Waals surface area contributed by atoms with Gasteiger partial charge in [-0.25, -0.2) is 4.57 Å². The number of nitrogens with zero attached hydrogens (tertiary/aromatic N) is 2. The van der Waals surface area contributed by atoms with E-state index in [0.717, 1.165) is 35.5 Å². The van der Waals surface area contributed by atoms with E-state index >= 15 is 0 Å². The Morgan fingerprint density at radius 3 is 3.12 bits per heavy atom. The highest BCUT2D eigenvalue weighted by molar-refractivity contribution is 14.1. The van der Waals surface area contributed by atoms with Crippen molar-refractivity contribution in [1.82, 2.24) is 10.2 Å². The zero-order valence-corrected chi connectivity index (χ0v) is 15.0. The second-order valence-electron chi connectivity index (χ2n) is 4.45. The number of hydrogen-bond donors (Lipinski definition) is 2. The highest BCUT2D eigenvalue weighted by atomic mass is 127. The maximum absolute atomic E-state index is 4.31. The lowest BCUT2D eigenvalue weighted by molar-refractivity contribution is -0.723. The smallest absolute Gasteiger partial charge is 0.343 e. The molecule has 1 aliphatic heterocycles. The number of rotatable bonds is 3. The quantitative estimate of drug-likeness (QED) is 0.254. The van der Waals surface area contributed by atoms with Gasteiger partial charge in [0.15, 0.2) is 0 Å². The van der Waals surface area contributed by atoms with Crippen LogP contribution in [0.2, 0.25) is 0 Å². The summed E-state index contributed by atoms with van der Waals surface area (Å²) < 4.78 is 2.51. The molecule has 0 fully saturated rings. The summed E-state index contributed by atoms with van der Waals surface area (Å²) in [7, 11) is 0. The van der Waals surface area contributed by atoms with Crippen LogP contribution in [0.4, 0.5) is 5.95 Å². The lowest BCUT2D eigenvalue weighted by Gasteiger charge is -2.25. The molecule has 2 rings (SSSR count). The zero-order chi connectivity index (χ0) is 11.8. The maximum Gasteiger partial charge on any atom is 0.343 e. The van der Waals surface area contributed by atoms with Crippen LogP contribution in [0.25, 0.3) is 0 Å². The molecule has 1 atom stereocenters. The fraction of sp³-hybridized carbons (Fsp3) is 0.600. The largest absolute Gasteiger partial charge is 1.00 e. The Morgan fingerprint density at radius 1 is 1.76 bits per heavy atom. The van der Waals surface area contributed by atoms with Crippen LogP contribution in [0.15, 0.2) is 17.3 Å². The van der Waals surface area contributed by atoms with E-state index in [2.05, 4.69) is 56.2 Å². The van der Waals surface area contributed by atoms with Gasteiger partial charge in [0.2, 0.25) is 0 Å². The van der Waals surface area contributed by atoms with Gasteiger partial charge in [0.05, 0.1) is 16.5 Å². The van der Waals surface area contributed by atoms with Gasteiger partial charge in [-0.15, -0.1) is 5.10 Å². The fourth-order valence-corrected chi connectivity index (χ4v) is 3.29. The molecule has 2 heterocycles. The van der Waals surface area contributed by atoms with Crippen LogP contribution in [0.3, 0.4) is 0 Å². The van der Waals surface area contributed by atoms with Crippen molar-refractivity contribution >= 4 is 40.3 Å². The maximum atomic E-state index is 4.31. The molecule has 17 heavy (non-hydrogen) atoms. The Kier molecular flexibility index (Phi) is 5.57. The minimum absolute atomic E-state index is 0. The molecule has 4 nitrogen and oxygen atoms in total. The SMILES string of the molecule is C=C(C)CNc1[nH]nc2[n+]1CC(C)(I)CS2.[I-]. The first-order chi connectivity index (χ1) is 7.48. The topological polar surface area (TPSA) is 44.6 Å². The van der Waals surface area contributed by atoms with E-state index < -0.39 is 0 Å². The Bertz CT molecular complexity index is 416. The monoisotopic (exact) mass is 478 g/mol. The van der Waals surface area contributed by atoms with Gasteiger partial charge in [-0.3, -0.25) is 5.32 Å². The van der Waals surface area contributed by atoms with E-state index in [0.29, 0.717) is 3.42 Å². The molecule has 0 spiro atoms. The first-order valence-corrected chi connectivity index (χ1v) is 7.22. The van der Waals surface area contributed by atoms with Crippen molar-refractivity contribution in [3.63, 3.8) is 0 Å². The molecule has 0 radical (unpaired) electrons. The van der Waals surface area contributed by atoms with Gasteiger partial charge in [-0.05, 0) is 13.8 Å². The van der Waals surface area contributed by atoms with Crippen LogP contribution in [0, 0.1) is 0 Å². The molecule has 7 heteroatoms. The molecule has 0 saturated carbocycles. The van der Waals surface area contributed by atoms with Gasteiger partial charge in [-0.1, -0.05) is 46.5 Å². The van der Waals surface area contributed by atoms with E-state index in [1.54, 1.807) is 11.8 Å². The van der Waals surface area contributed by atoms with Crippen molar-refractivity contribution in [1.29, 1.82) is 0 Å². The summed E-state index contributed by atoms with van der Waals surface area (Å²) in [4.78, 5) is 0. The standard InChI is InChI=1S/C10H15IN4S.HI/c1-7(2)4-12-8-13-14-9-15(8)5-10(3,11)6-16-9;/h1,4-6H2,2-3H3,(H,12,13);1H. The minimum Gasteiger partial charge on any atom is -1.00 e. The lowest BCUT2D eigenvalue weighted by Crippen LogP contribution is -3.00. The van der Waals surface area contributed by atoms with E-state index in [1.807, 2.05) is 6.92 Å². The van der Waals surface area contributed by atoms with Gasteiger partial charge in [0.1, 0.15) is 0 Å². The molecule has 1 aromatic rings. The first-order valence-electron chi connectivity index (χ1n) is 5.16. The third kappa shape index (κ3) is 3.98. The summed E-state index contributed by atoms with van der Waals surface area (Å²) in [5, 5.41) is 11.7. The molecule has 1 aromatic heterocycles. The second-order valence-corrected chi connectivity index (χ2v) is 8.00. The molecular formula is C10H16I2N4S. The number of hydrogen-bond acceptors (Lipinski definition) is 3. The number of fused-ring (bicyclic) bond motifs is 1. The highest BCUT2D eigenvalue weighted by Crippen LogP contribution is 2.31. The van der Waals surface area contributed by atoms with Crippen LogP contribution in [0.1, 0.15) is 13.8 Å². The number of alkyl halides is 1. The molecule has 1 unspecified atom stereocenters. The number of aromatic amines is 1. The number of nitrogens with one attached hydrogen (secondary N) is 2. The van der Waals surface area contributed by atoms with Gasteiger partial charge in [0, 0.05) is 10.9 Å². The van der Waals surface area contributed by atoms with E-state index in [1.165, 1.54) is 0 Å². The number of anilines is 1. The third-order valence-corrected chi connectivity index (χ3v) is 4.90. The fourth-order valence-electron chi connectivity index (χ4n) is 1.53. The number of thioether (sulfide) groups is 1. The number of H-pyrrole nitrogens is 1. The van der Waals surface area contributed by atoms with Gasteiger partial charge in [-0.2, -0.15) is 0 Å². The molecule has 2 N–H and O–H groups in total. The van der Waals surface area contributed by atoms with Crippen molar-refractivity contribution < 1.29 is 28.5 Å². The van der Waals surface area contributed by atoms with Gasteiger partial charge >= 0.3 is 11.1 Å². The average molecular weight is 478 g/mol. The Morgan fingerprint density at radius 2 is 2.47 bits per heavy atom. The van der Waals surface area contributed by atoms with Gasteiger partial charge < -0.3 is 24.0 Å². The summed E-state index contributed by atoms with van der Waals surface area (Å²) in [5.74, 6) is 2.09. The van der Waals surface area contributed by atoms with Crippen LogP contribution < -0.4 is 33.9 Å². The predicted molar refractivity (Wildman–Crippen MR) is 75.2 cm³/mol. The van der Waals surface area contributed by atoms with Crippen molar-refractivity contribution in [3.05, 3.63) is 12.2 Å². The highest BCUT2D eigenvalue weighted by Gasteiger charge is 2.34. The van der Waals surface area contributed by atoms with Crippen LogP contribution in [-0.4, -0.2) is 25.9 Å². The molecule has 0 amide bonds. The summed E-state index contributed by atoms with van der Waals surface area (Å²) in [6, 6.07) is 0. The Hall–Kier alpha value is 0.490. The second kappa shape index (κ2) is 6.09. The number of aromatic nitrogens is 3. The van der Waals surface area contributed by atoms with Crippen molar-refractivity contribution in [2.24, 2.45) is 0 Å².